The van der Waals surface area contributed by atoms with Crippen LogP contribution in [0.25, 0.3) is 23.1 Å². The summed E-state index contributed by atoms with van der Waals surface area (Å²) in [6, 6.07) is 21.0. The molecule has 1 aromatic heterocycles. The monoisotopic (exact) mass is 392 g/mol. The van der Waals surface area contributed by atoms with E-state index in [0.717, 1.165) is 18.4 Å². The Labute approximate surface area is 179 Å². The Balaban J connectivity index is 0.000000109. The highest BCUT2D eigenvalue weighted by Crippen LogP contribution is 2.23. The highest BCUT2D eigenvalue weighted by Gasteiger charge is 2.05. The third-order valence-corrected chi connectivity index (χ3v) is 5.78. The van der Waals surface area contributed by atoms with Gasteiger partial charge in [0.25, 0.3) is 0 Å². The number of furan rings is 1. The van der Waals surface area contributed by atoms with Gasteiger partial charge in [-0.1, -0.05) is 78.9 Å². The fourth-order valence-electron chi connectivity index (χ4n) is 4.07. The van der Waals surface area contributed by atoms with Crippen molar-refractivity contribution in [3.63, 3.8) is 0 Å². The number of para-hydroxylation sites is 1. The number of hydrogen-bond acceptors (Lipinski definition) is 1. The number of hydrogen-bond donors (Lipinski definition) is 0. The lowest BCUT2D eigenvalue weighted by molar-refractivity contribution is 0.613. The molecule has 0 radical (unpaired) electrons. The van der Waals surface area contributed by atoms with E-state index in [1.165, 1.54) is 44.3 Å². The molecule has 0 bridgehead atoms. The van der Waals surface area contributed by atoms with Crippen molar-refractivity contribution < 1.29 is 4.42 Å². The van der Waals surface area contributed by atoms with Gasteiger partial charge in [-0.3, -0.25) is 0 Å². The summed E-state index contributed by atoms with van der Waals surface area (Å²) < 4.78 is 5.25. The SMILES string of the molecule is Cc1cccc2c1C=CC2.Cc1cccc2c1CC=C2.Cc1cccc2ccoc12. The van der Waals surface area contributed by atoms with Crippen molar-refractivity contribution in [1.29, 1.82) is 0 Å². The Morgan fingerprint density at radius 3 is 2.20 bits per heavy atom. The van der Waals surface area contributed by atoms with Gasteiger partial charge in [-0.25, -0.2) is 0 Å². The molecule has 4 aromatic rings. The highest BCUT2D eigenvalue weighted by atomic mass is 16.3. The van der Waals surface area contributed by atoms with Gasteiger partial charge in [0.2, 0.25) is 0 Å². The molecule has 0 aliphatic heterocycles. The van der Waals surface area contributed by atoms with Gasteiger partial charge in [0.05, 0.1) is 6.26 Å². The Morgan fingerprint density at radius 1 is 0.667 bits per heavy atom. The van der Waals surface area contributed by atoms with Gasteiger partial charge in [0.1, 0.15) is 5.58 Å². The van der Waals surface area contributed by atoms with Gasteiger partial charge in [0, 0.05) is 5.39 Å². The first-order chi connectivity index (χ1) is 14.6. The number of fused-ring (bicyclic) bond motifs is 3. The molecule has 0 spiro atoms. The molecule has 0 amide bonds. The molecular formula is C29H28O. The zero-order chi connectivity index (χ0) is 20.9. The van der Waals surface area contributed by atoms with Gasteiger partial charge >= 0.3 is 0 Å². The van der Waals surface area contributed by atoms with Crippen molar-refractivity contribution >= 4 is 23.1 Å². The average Bonchev–Trinajstić information content (AvgIpc) is 3.50. The standard InChI is InChI=1S/2C10H10.C9H8O/c2*1-8-4-2-5-9-6-3-7-10(8)9;1-7-3-2-4-8-5-6-10-9(7)8/h2-5,7H,6H2,1H3;2-6H,7H2,1H3;2-6H,1H3. The molecule has 6 rings (SSSR count). The van der Waals surface area contributed by atoms with Gasteiger partial charge in [0.15, 0.2) is 0 Å². The molecule has 0 atom stereocenters. The van der Waals surface area contributed by atoms with Crippen LogP contribution in [0.15, 0.2) is 83.5 Å². The Morgan fingerprint density at radius 2 is 1.40 bits per heavy atom. The van der Waals surface area contributed by atoms with E-state index in [9.17, 15) is 0 Å². The van der Waals surface area contributed by atoms with Crippen molar-refractivity contribution in [2.24, 2.45) is 0 Å². The lowest BCUT2D eigenvalue weighted by atomic mass is 10.0. The van der Waals surface area contributed by atoms with E-state index in [2.05, 4.69) is 74.5 Å². The molecule has 0 unspecified atom stereocenters. The maximum Gasteiger partial charge on any atom is 0.136 e. The lowest BCUT2D eigenvalue weighted by Gasteiger charge is -2.00. The smallest absolute Gasteiger partial charge is 0.136 e. The lowest BCUT2D eigenvalue weighted by Crippen LogP contribution is -1.84. The van der Waals surface area contributed by atoms with Crippen LogP contribution in [0.4, 0.5) is 0 Å². The number of aryl methyl sites for hydroxylation is 3. The number of rotatable bonds is 0. The van der Waals surface area contributed by atoms with Crippen molar-refractivity contribution in [2.75, 3.05) is 0 Å². The molecule has 0 fully saturated rings. The first-order valence-corrected chi connectivity index (χ1v) is 10.6. The number of benzene rings is 3. The third kappa shape index (κ3) is 4.31. The van der Waals surface area contributed by atoms with Gasteiger partial charge < -0.3 is 4.42 Å². The van der Waals surface area contributed by atoms with Crippen LogP contribution < -0.4 is 0 Å². The molecule has 3 aromatic carbocycles. The molecule has 2 aliphatic carbocycles. The zero-order valence-corrected chi connectivity index (χ0v) is 18.0. The topological polar surface area (TPSA) is 13.1 Å². The molecule has 0 saturated carbocycles. The van der Waals surface area contributed by atoms with Crippen LogP contribution in [0.3, 0.4) is 0 Å². The summed E-state index contributed by atoms with van der Waals surface area (Å²) in [7, 11) is 0. The van der Waals surface area contributed by atoms with Crippen molar-refractivity contribution in [1.82, 2.24) is 0 Å². The summed E-state index contributed by atoms with van der Waals surface area (Å²) in [5.41, 5.74) is 10.8. The Hall–Kier alpha value is -3.32. The minimum Gasteiger partial charge on any atom is -0.464 e. The van der Waals surface area contributed by atoms with E-state index < -0.39 is 0 Å². The second-order valence-electron chi connectivity index (χ2n) is 7.92. The molecule has 0 N–H and O–H groups in total. The van der Waals surface area contributed by atoms with Gasteiger partial charge in [-0.15, -0.1) is 0 Å². The quantitative estimate of drug-likeness (QED) is 0.297. The first-order valence-electron chi connectivity index (χ1n) is 10.6. The van der Waals surface area contributed by atoms with Crippen LogP contribution in [0, 0.1) is 20.8 Å². The van der Waals surface area contributed by atoms with E-state index in [1.807, 2.05) is 31.2 Å². The summed E-state index contributed by atoms with van der Waals surface area (Å²) in [6.45, 7) is 6.38. The molecule has 150 valence electrons. The van der Waals surface area contributed by atoms with Gasteiger partial charge in [-0.2, -0.15) is 0 Å². The van der Waals surface area contributed by atoms with Crippen LogP contribution in [-0.4, -0.2) is 0 Å². The highest BCUT2D eigenvalue weighted by molar-refractivity contribution is 5.79. The van der Waals surface area contributed by atoms with E-state index in [-0.39, 0.29) is 0 Å². The van der Waals surface area contributed by atoms with Crippen LogP contribution in [-0.2, 0) is 12.8 Å². The largest absolute Gasteiger partial charge is 0.464 e. The van der Waals surface area contributed by atoms with Crippen molar-refractivity contribution in [3.8, 4) is 0 Å². The molecular weight excluding hydrogens is 364 g/mol. The second kappa shape index (κ2) is 9.00. The second-order valence-corrected chi connectivity index (χ2v) is 7.92. The van der Waals surface area contributed by atoms with Crippen molar-refractivity contribution in [2.45, 2.75) is 33.6 Å². The van der Waals surface area contributed by atoms with E-state index >= 15 is 0 Å². The molecule has 1 nitrogen and oxygen atoms in total. The Bertz CT molecular complexity index is 1220. The van der Waals surface area contributed by atoms with Crippen LogP contribution >= 0.6 is 0 Å². The molecule has 1 heterocycles. The number of allylic oxidation sites excluding steroid dienone is 2. The predicted molar refractivity (Wildman–Crippen MR) is 129 cm³/mol. The van der Waals surface area contributed by atoms with Gasteiger partial charge in [-0.05, 0) is 78.6 Å². The maximum atomic E-state index is 5.25. The fraction of sp³-hybridized carbons (Fsp3) is 0.172. The molecule has 0 saturated heterocycles. The normalized spacial score (nSPS) is 12.6. The summed E-state index contributed by atoms with van der Waals surface area (Å²) in [5, 5.41) is 1.18. The fourth-order valence-corrected chi connectivity index (χ4v) is 4.07. The Kier molecular flexibility index (Phi) is 5.99. The van der Waals surface area contributed by atoms with E-state index in [0.29, 0.717) is 0 Å². The summed E-state index contributed by atoms with van der Waals surface area (Å²) in [4.78, 5) is 0. The summed E-state index contributed by atoms with van der Waals surface area (Å²) >= 11 is 0. The molecule has 2 aliphatic rings. The predicted octanol–water partition coefficient (Wildman–Crippen LogP) is 7.87. The average molecular weight is 393 g/mol. The summed E-state index contributed by atoms with van der Waals surface area (Å²) in [5.74, 6) is 0. The third-order valence-electron chi connectivity index (χ3n) is 5.78. The van der Waals surface area contributed by atoms with E-state index in [1.54, 1.807) is 6.26 Å². The minimum atomic E-state index is 1.00. The van der Waals surface area contributed by atoms with Crippen molar-refractivity contribution in [3.05, 3.63) is 118 Å². The van der Waals surface area contributed by atoms with Crippen LogP contribution in [0.1, 0.15) is 38.9 Å². The van der Waals surface area contributed by atoms with Crippen LogP contribution in [0.5, 0.6) is 0 Å². The summed E-state index contributed by atoms with van der Waals surface area (Å²) in [6.07, 6.45) is 12.8. The zero-order valence-electron chi connectivity index (χ0n) is 18.0. The molecule has 1 heteroatoms. The molecule has 30 heavy (non-hydrogen) atoms. The first kappa shape index (κ1) is 20.0. The minimum absolute atomic E-state index is 1.00. The maximum absolute atomic E-state index is 5.25. The van der Waals surface area contributed by atoms with E-state index in [4.69, 9.17) is 4.42 Å². The van der Waals surface area contributed by atoms with Crippen LogP contribution in [0.2, 0.25) is 0 Å².